The average Bonchev–Trinajstić information content (AvgIpc) is 3.36. The maximum atomic E-state index is 11.8. The zero-order chi connectivity index (χ0) is 15.4. The van der Waals surface area contributed by atoms with Crippen molar-refractivity contribution < 1.29 is 19.6 Å². The van der Waals surface area contributed by atoms with Crippen LogP contribution in [0.1, 0.15) is 41.1 Å². The quantitative estimate of drug-likeness (QED) is 0.567. The Morgan fingerprint density at radius 1 is 1.50 bits per heavy atom. The molecule has 0 aromatic heterocycles. The van der Waals surface area contributed by atoms with Gasteiger partial charge < -0.3 is 20.5 Å². The van der Waals surface area contributed by atoms with Gasteiger partial charge in [0, 0.05) is 22.5 Å². The van der Waals surface area contributed by atoms with Crippen LogP contribution in [0.2, 0.25) is 5.82 Å². The first-order valence-corrected chi connectivity index (χ1v) is 8.59. The molecule has 2 saturated carbocycles. The molecule has 0 radical (unpaired) electrons. The number of benzene rings is 1. The number of carbonyl (C=O) groups is 1. The molecule has 0 spiro atoms. The van der Waals surface area contributed by atoms with E-state index in [1.54, 1.807) is 0 Å². The zero-order valence-corrected chi connectivity index (χ0v) is 12.9. The van der Waals surface area contributed by atoms with Crippen molar-refractivity contribution in [3.63, 3.8) is 0 Å². The van der Waals surface area contributed by atoms with Gasteiger partial charge in [-0.15, -0.1) is 11.8 Å². The van der Waals surface area contributed by atoms with E-state index in [-0.39, 0.29) is 22.5 Å². The Labute approximate surface area is 133 Å². The van der Waals surface area contributed by atoms with Gasteiger partial charge in [0.15, 0.2) is 0 Å². The van der Waals surface area contributed by atoms with Crippen LogP contribution in [0, 0.1) is 5.92 Å². The minimum Gasteiger partial charge on any atom is -0.535 e. The summed E-state index contributed by atoms with van der Waals surface area (Å²) in [6.45, 7) is 0.541. The smallest absolute Gasteiger partial charge is 0.526 e. The molecule has 2 aliphatic carbocycles. The molecule has 3 aliphatic rings. The number of aromatic carboxylic acids is 1. The first-order chi connectivity index (χ1) is 10.6. The lowest BCUT2D eigenvalue weighted by atomic mass is 9.77. The number of rotatable bonds is 5. The summed E-state index contributed by atoms with van der Waals surface area (Å²) in [6.07, 6.45) is 3.20. The van der Waals surface area contributed by atoms with E-state index >= 15 is 0 Å². The molecule has 0 bridgehead atoms. The molecule has 1 aromatic rings. The molecule has 1 heterocycles. The summed E-state index contributed by atoms with van der Waals surface area (Å²) in [5, 5.41) is 19.8. The van der Waals surface area contributed by atoms with Gasteiger partial charge in [-0.3, -0.25) is 0 Å². The summed E-state index contributed by atoms with van der Waals surface area (Å²) in [5.74, 6) is 0.306. The third kappa shape index (κ3) is 2.32. The third-order valence-electron chi connectivity index (χ3n) is 4.87. The minimum atomic E-state index is -1.00. The Morgan fingerprint density at radius 2 is 2.27 bits per heavy atom. The number of carboxylic acids is 1. The number of carboxylic acid groups (broad SMARTS) is 1. The van der Waals surface area contributed by atoms with Crippen LogP contribution in [0.15, 0.2) is 17.0 Å². The van der Waals surface area contributed by atoms with Gasteiger partial charge in [0.05, 0.1) is 0 Å². The number of fused-ring (bicyclic) bond motifs is 3. The van der Waals surface area contributed by atoms with Crippen molar-refractivity contribution in [2.75, 3.05) is 6.54 Å². The lowest BCUT2D eigenvalue weighted by Gasteiger charge is -2.23. The number of thioether (sulfide) groups is 1. The van der Waals surface area contributed by atoms with Gasteiger partial charge in [0.25, 0.3) is 0 Å². The monoisotopic (exact) mass is 319 g/mol. The molecule has 4 N–H and O–H groups in total. The maximum absolute atomic E-state index is 11.8. The van der Waals surface area contributed by atoms with Crippen LogP contribution in [0.25, 0.3) is 0 Å². The second-order valence-electron chi connectivity index (χ2n) is 6.41. The standard InChI is InChI=1S/C15H18BNO4S/c17-6-12(7-1-2-7)22-11-4-3-8-9-5-10(9)16(20)21-14(8)13(11)15(18)19/h3-4,7,9-10,12,20H,1-2,5-6,17H2,(H,18,19)/t9-,10-,12?/m1/s1. The van der Waals surface area contributed by atoms with Crippen molar-refractivity contribution in [3.8, 4) is 5.75 Å². The fraction of sp³-hybridized carbons (Fsp3) is 0.533. The lowest BCUT2D eigenvalue weighted by Crippen LogP contribution is -2.28. The summed E-state index contributed by atoms with van der Waals surface area (Å²) in [4.78, 5) is 12.5. The number of nitrogens with two attached hydrogens (primary N) is 1. The molecule has 1 aliphatic heterocycles. The van der Waals surface area contributed by atoms with E-state index in [1.165, 1.54) is 24.6 Å². The largest absolute Gasteiger partial charge is 0.535 e. The van der Waals surface area contributed by atoms with Gasteiger partial charge in [-0.1, -0.05) is 6.07 Å². The molecule has 1 aromatic carbocycles. The molecule has 0 saturated heterocycles. The van der Waals surface area contributed by atoms with Gasteiger partial charge in [-0.25, -0.2) is 4.79 Å². The second-order valence-corrected chi connectivity index (χ2v) is 7.69. The fourth-order valence-electron chi connectivity index (χ4n) is 3.36. The van der Waals surface area contributed by atoms with Gasteiger partial charge in [0.2, 0.25) is 0 Å². The van der Waals surface area contributed by atoms with E-state index in [4.69, 9.17) is 10.4 Å². The number of hydrogen-bond donors (Lipinski definition) is 3. The average molecular weight is 319 g/mol. The van der Waals surface area contributed by atoms with Crippen molar-refractivity contribution >= 4 is 24.8 Å². The van der Waals surface area contributed by atoms with Crippen LogP contribution in [0.5, 0.6) is 5.75 Å². The van der Waals surface area contributed by atoms with Crippen molar-refractivity contribution in [1.82, 2.24) is 0 Å². The molecule has 116 valence electrons. The van der Waals surface area contributed by atoms with E-state index in [2.05, 4.69) is 0 Å². The van der Waals surface area contributed by atoms with Crippen LogP contribution >= 0.6 is 11.8 Å². The normalized spacial score (nSPS) is 26.7. The summed E-state index contributed by atoms with van der Waals surface area (Å²) in [7, 11) is -0.885. The molecule has 5 nitrogen and oxygen atoms in total. The van der Waals surface area contributed by atoms with Crippen LogP contribution in [-0.4, -0.2) is 35.0 Å². The zero-order valence-electron chi connectivity index (χ0n) is 12.1. The van der Waals surface area contributed by atoms with Crippen LogP contribution in [0.3, 0.4) is 0 Å². The van der Waals surface area contributed by atoms with Gasteiger partial charge in [-0.05, 0) is 42.7 Å². The summed E-state index contributed by atoms with van der Waals surface area (Å²) < 4.78 is 5.54. The molecule has 1 unspecified atom stereocenters. The van der Waals surface area contributed by atoms with E-state index in [1.807, 2.05) is 12.1 Å². The van der Waals surface area contributed by atoms with E-state index in [0.29, 0.717) is 23.1 Å². The first-order valence-electron chi connectivity index (χ1n) is 7.71. The van der Waals surface area contributed by atoms with Crippen molar-refractivity contribution in [1.29, 1.82) is 0 Å². The fourth-order valence-corrected chi connectivity index (χ4v) is 4.70. The van der Waals surface area contributed by atoms with Crippen molar-refractivity contribution in [3.05, 3.63) is 23.3 Å². The highest BCUT2D eigenvalue weighted by atomic mass is 32.2. The number of hydrogen-bond acceptors (Lipinski definition) is 5. The topological polar surface area (TPSA) is 92.8 Å². The Morgan fingerprint density at radius 3 is 2.91 bits per heavy atom. The Hall–Kier alpha value is -1.18. The molecule has 7 heteroatoms. The highest BCUT2D eigenvalue weighted by Crippen LogP contribution is 2.61. The molecule has 0 amide bonds. The third-order valence-corrected chi connectivity index (χ3v) is 6.34. The molecule has 2 fully saturated rings. The van der Waals surface area contributed by atoms with E-state index in [9.17, 15) is 14.9 Å². The molecule has 4 rings (SSSR count). The van der Waals surface area contributed by atoms with E-state index in [0.717, 1.165) is 12.0 Å². The van der Waals surface area contributed by atoms with Crippen LogP contribution in [0.4, 0.5) is 0 Å². The Balaban J connectivity index is 1.72. The second kappa shape index (κ2) is 5.18. The molecule has 22 heavy (non-hydrogen) atoms. The van der Waals surface area contributed by atoms with Crippen LogP contribution < -0.4 is 10.4 Å². The Kier molecular flexibility index (Phi) is 3.40. The van der Waals surface area contributed by atoms with Crippen molar-refractivity contribution in [2.45, 2.75) is 41.1 Å². The van der Waals surface area contributed by atoms with Gasteiger partial charge in [0.1, 0.15) is 11.3 Å². The summed E-state index contributed by atoms with van der Waals surface area (Å²) >= 11 is 1.54. The highest BCUT2D eigenvalue weighted by molar-refractivity contribution is 8.00. The predicted octanol–water partition coefficient (Wildman–Crippen LogP) is 1.94. The lowest BCUT2D eigenvalue weighted by molar-refractivity contribution is 0.0690. The maximum Gasteiger partial charge on any atom is 0.526 e. The molecule has 3 atom stereocenters. The van der Waals surface area contributed by atoms with E-state index < -0.39 is 13.1 Å². The highest BCUT2D eigenvalue weighted by Gasteiger charge is 2.54. The molecular weight excluding hydrogens is 301 g/mol. The Bertz CT molecular complexity index is 636. The first kappa shape index (κ1) is 14.4. The summed E-state index contributed by atoms with van der Waals surface area (Å²) in [5.41, 5.74) is 6.95. The predicted molar refractivity (Wildman–Crippen MR) is 84.5 cm³/mol. The van der Waals surface area contributed by atoms with Crippen LogP contribution in [-0.2, 0) is 0 Å². The summed E-state index contributed by atoms with van der Waals surface area (Å²) in [6, 6.07) is 3.84. The van der Waals surface area contributed by atoms with Gasteiger partial charge in [-0.2, -0.15) is 0 Å². The van der Waals surface area contributed by atoms with Crippen molar-refractivity contribution in [2.24, 2.45) is 11.7 Å². The SMILES string of the molecule is NCC(Sc1ccc2c(c1C(=O)O)OB(O)[C@@H]1C[C@H]21)C1CC1. The minimum absolute atomic E-state index is 0.121. The van der Waals surface area contributed by atoms with Gasteiger partial charge >= 0.3 is 13.1 Å². The molecular formula is C15H18BNO4S.